The first-order valence-electron chi connectivity index (χ1n) is 5.50. The first-order valence-corrected chi connectivity index (χ1v) is 5.50. The first-order chi connectivity index (χ1) is 8.36. The topological polar surface area (TPSA) is 71.1 Å². The third kappa shape index (κ3) is 1.76. The maximum Gasteiger partial charge on any atom is 0.273 e. The van der Waals surface area contributed by atoms with Crippen molar-refractivity contribution in [3.63, 3.8) is 0 Å². The van der Waals surface area contributed by atoms with Crippen molar-refractivity contribution in [1.82, 2.24) is 15.2 Å². The lowest BCUT2D eigenvalue weighted by Gasteiger charge is -2.29. The maximum absolute atomic E-state index is 11.6. The van der Waals surface area contributed by atoms with Crippen LogP contribution in [-0.2, 0) is 4.74 Å². The Balaban J connectivity index is 2.15. The van der Waals surface area contributed by atoms with Gasteiger partial charge < -0.3 is 9.64 Å². The number of hydrogen-bond acceptors (Lipinski definition) is 5. The Morgan fingerprint density at radius 1 is 1.18 bits per heavy atom. The highest BCUT2D eigenvalue weighted by Crippen LogP contribution is 2.23. The van der Waals surface area contributed by atoms with E-state index in [9.17, 15) is 4.79 Å². The number of rotatable bonds is 1. The predicted octanol–water partition coefficient (Wildman–Crippen LogP) is 0.155. The van der Waals surface area contributed by atoms with Gasteiger partial charge in [-0.25, -0.2) is 5.10 Å². The number of nitrogens with zero attached hydrogens (tertiary/aromatic N) is 3. The Labute approximate surface area is 97.2 Å². The molecule has 3 heterocycles. The number of nitrogens with one attached hydrogen (secondary N) is 1. The van der Waals surface area contributed by atoms with Crippen molar-refractivity contribution in [2.45, 2.75) is 0 Å². The van der Waals surface area contributed by atoms with Crippen molar-refractivity contribution >= 4 is 16.5 Å². The van der Waals surface area contributed by atoms with Crippen LogP contribution in [0.2, 0.25) is 0 Å². The molecular weight excluding hydrogens is 220 g/mol. The minimum absolute atomic E-state index is 0.204. The molecule has 0 aliphatic carbocycles. The summed E-state index contributed by atoms with van der Waals surface area (Å²) in [6.45, 7) is 3.03. The summed E-state index contributed by atoms with van der Waals surface area (Å²) in [7, 11) is 0. The van der Waals surface area contributed by atoms with Crippen LogP contribution >= 0.6 is 0 Å². The van der Waals surface area contributed by atoms with E-state index in [0.29, 0.717) is 18.6 Å². The fraction of sp³-hybridized carbons (Fsp3) is 0.364. The molecule has 17 heavy (non-hydrogen) atoms. The molecule has 1 N–H and O–H groups in total. The van der Waals surface area contributed by atoms with Gasteiger partial charge >= 0.3 is 0 Å². The molecule has 1 saturated heterocycles. The summed E-state index contributed by atoms with van der Waals surface area (Å²) >= 11 is 0. The third-order valence-electron chi connectivity index (χ3n) is 2.92. The first kappa shape index (κ1) is 10.2. The Morgan fingerprint density at radius 2 is 2.00 bits per heavy atom. The zero-order valence-corrected chi connectivity index (χ0v) is 9.22. The SMILES string of the molecule is O=c1[nH]ncc2c(N3CCOCC3)cncc12. The third-order valence-corrected chi connectivity index (χ3v) is 2.92. The zero-order chi connectivity index (χ0) is 11.7. The summed E-state index contributed by atoms with van der Waals surface area (Å²) in [5.41, 5.74) is 0.745. The second-order valence-corrected chi connectivity index (χ2v) is 3.92. The summed E-state index contributed by atoms with van der Waals surface area (Å²) in [5, 5.41) is 7.67. The Morgan fingerprint density at radius 3 is 2.82 bits per heavy atom. The van der Waals surface area contributed by atoms with Crippen LogP contribution in [0.5, 0.6) is 0 Å². The molecule has 88 valence electrons. The van der Waals surface area contributed by atoms with Crippen LogP contribution in [0.25, 0.3) is 10.8 Å². The Kier molecular flexibility index (Phi) is 2.49. The minimum Gasteiger partial charge on any atom is -0.378 e. The molecule has 1 aliphatic heterocycles. The average molecular weight is 232 g/mol. The van der Waals surface area contributed by atoms with Gasteiger partial charge in [0.2, 0.25) is 0 Å². The van der Waals surface area contributed by atoms with Gasteiger partial charge in [0, 0.05) is 24.7 Å². The molecule has 2 aromatic heterocycles. The molecule has 2 aromatic rings. The van der Waals surface area contributed by atoms with Crippen LogP contribution in [-0.4, -0.2) is 41.5 Å². The van der Waals surface area contributed by atoms with Crippen molar-refractivity contribution in [1.29, 1.82) is 0 Å². The number of hydrogen-bond donors (Lipinski definition) is 1. The van der Waals surface area contributed by atoms with E-state index in [1.807, 2.05) is 0 Å². The van der Waals surface area contributed by atoms with Gasteiger partial charge in [0.25, 0.3) is 5.56 Å². The van der Waals surface area contributed by atoms with Crippen LogP contribution in [0, 0.1) is 0 Å². The van der Waals surface area contributed by atoms with E-state index in [1.54, 1.807) is 18.6 Å². The second-order valence-electron chi connectivity index (χ2n) is 3.92. The van der Waals surface area contributed by atoms with Crippen molar-refractivity contribution in [3.05, 3.63) is 28.9 Å². The van der Waals surface area contributed by atoms with Gasteiger partial charge in [0.05, 0.1) is 36.7 Å². The van der Waals surface area contributed by atoms with Gasteiger partial charge in [-0.2, -0.15) is 5.10 Å². The maximum atomic E-state index is 11.6. The molecule has 1 aliphatic rings. The lowest BCUT2D eigenvalue weighted by atomic mass is 10.2. The smallest absolute Gasteiger partial charge is 0.273 e. The van der Waals surface area contributed by atoms with E-state index < -0.39 is 0 Å². The average Bonchev–Trinajstić information content (AvgIpc) is 2.40. The molecule has 0 unspecified atom stereocenters. The number of H-pyrrole nitrogens is 1. The van der Waals surface area contributed by atoms with Gasteiger partial charge in [-0.3, -0.25) is 9.78 Å². The summed E-state index contributed by atoms with van der Waals surface area (Å²) < 4.78 is 5.31. The van der Waals surface area contributed by atoms with Gasteiger partial charge in [-0.1, -0.05) is 0 Å². The number of pyridine rings is 1. The van der Waals surface area contributed by atoms with Crippen LogP contribution < -0.4 is 10.5 Å². The minimum atomic E-state index is -0.204. The van der Waals surface area contributed by atoms with Crippen molar-refractivity contribution in [2.24, 2.45) is 0 Å². The molecule has 1 fully saturated rings. The quantitative estimate of drug-likeness (QED) is 0.758. The van der Waals surface area contributed by atoms with Crippen LogP contribution in [0.15, 0.2) is 23.4 Å². The highest BCUT2D eigenvalue weighted by molar-refractivity contribution is 5.91. The van der Waals surface area contributed by atoms with Crippen molar-refractivity contribution < 1.29 is 4.74 Å². The van der Waals surface area contributed by atoms with Crippen LogP contribution in [0.3, 0.4) is 0 Å². The number of anilines is 1. The summed E-state index contributed by atoms with van der Waals surface area (Å²) in [6, 6.07) is 0. The van der Waals surface area contributed by atoms with E-state index >= 15 is 0 Å². The number of aromatic nitrogens is 3. The predicted molar refractivity (Wildman–Crippen MR) is 63.2 cm³/mol. The summed E-state index contributed by atoms with van der Waals surface area (Å²) in [6.07, 6.45) is 5.01. The molecule has 0 bridgehead atoms. The zero-order valence-electron chi connectivity index (χ0n) is 9.22. The number of morpholine rings is 1. The standard InChI is InChI=1S/C11H12N4O2/c16-11-9-5-12-7-10(8(9)6-13-14-11)15-1-3-17-4-2-15/h5-7H,1-4H2,(H,14,16). The van der Waals surface area contributed by atoms with E-state index in [4.69, 9.17) is 4.74 Å². The largest absolute Gasteiger partial charge is 0.378 e. The summed E-state index contributed by atoms with van der Waals surface area (Å²) in [4.78, 5) is 17.9. The second kappa shape index (κ2) is 4.14. The van der Waals surface area contributed by atoms with E-state index in [1.165, 1.54) is 0 Å². The number of fused-ring (bicyclic) bond motifs is 1. The van der Waals surface area contributed by atoms with Gasteiger partial charge in [-0.05, 0) is 0 Å². The normalized spacial score (nSPS) is 16.4. The number of ether oxygens (including phenoxy) is 1. The molecule has 0 aromatic carbocycles. The van der Waals surface area contributed by atoms with E-state index in [2.05, 4.69) is 20.1 Å². The molecule has 0 atom stereocenters. The van der Waals surface area contributed by atoms with Crippen molar-refractivity contribution in [3.8, 4) is 0 Å². The van der Waals surface area contributed by atoms with E-state index in [0.717, 1.165) is 24.2 Å². The summed E-state index contributed by atoms with van der Waals surface area (Å²) in [5.74, 6) is 0. The van der Waals surface area contributed by atoms with E-state index in [-0.39, 0.29) is 5.56 Å². The highest BCUT2D eigenvalue weighted by Gasteiger charge is 2.15. The lowest BCUT2D eigenvalue weighted by molar-refractivity contribution is 0.123. The van der Waals surface area contributed by atoms with Gasteiger partial charge in [0.15, 0.2) is 0 Å². The van der Waals surface area contributed by atoms with Crippen LogP contribution in [0.1, 0.15) is 0 Å². The molecular formula is C11H12N4O2. The fourth-order valence-electron chi connectivity index (χ4n) is 2.05. The fourth-order valence-corrected chi connectivity index (χ4v) is 2.05. The lowest BCUT2D eigenvalue weighted by Crippen LogP contribution is -2.36. The van der Waals surface area contributed by atoms with Crippen LogP contribution in [0.4, 0.5) is 5.69 Å². The Bertz CT molecular complexity index is 589. The van der Waals surface area contributed by atoms with Crippen molar-refractivity contribution in [2.75, 3.05) is 31.2 Å². The van der Waals surface area contributed by atoms with Gasteiger partial charge in [0.1, 0.15) is 0 Å². The molecule has 0 amide bonds. The molecule has 0 radical (unpaired) electrons. The molecule has 6 heteroatoms. The van der Waals surface area contributed by atoms with Gasteiger partial charge in [-0.15, -0.1) is 0 Å². The highest BCUT2D eigenvalue weighted by atomic mass is 16.5. The Hall–Kier alpha value is -1.95. The molecule has 3 rings (SSSR count). The molecule has 0 saturated carbocycles. The molecule has 6 nitrogen and oxygen atoms in total. The monoisotopic (exact) mass is 232 g/mol. The number of aromatic amines is 1. The molecule has 0 spiro atoms.